The van der Waals surface area contributed by atoms with Crippen LogP contribution in [0, 0.1) is 29.6 Å². The molecule has 0 aromatic heterocycles. The van der Waals surface area contributed by atoms with E-state index in [4.69, 9.17) is 9.47 Å². The second-order valence-electron chi connectivity index (χ2n) is 7.43. The zero-order valence-corrected chi connectivity index (χ0v) is 15.4. The highest BCUT2D eigenvalue weighted by Gasteiger charge is 2.39. The van der Waals surface area contributed by atoms with E-state index in [2.05, 4.69) is 34.6 Å². The Labute approximate surface area is 137 Å². The lowest BCUT2D eigenvalue weighted by molar-refractivity contribution is -0.0516. The molecule has 1 saturated carbocycles. The van der Waals surface area contributed by atoms with Crippen molar-refractivity contribution in [3.05, 3.63) is 0 Å². The molecule has 4 unspecified atom stereocenters. The summed E-state index contributed by atoms with van der Waals surface area (Å²) in [5, 5.41) is 9.90. The van der Waals surface area contributed by atoms with Crippen molar-refractivity contribution >= 4 is 0 Å². The molecule has 1 N–H and O–H groups in total. The molecule has 2 heterocycles. The van der Waals surface area contributed by atoms with Crippen LogP contribution in [-0.2, 0) is 9.47 Å². The van der Waals surface area contributed by atoms with Crippen molar-refractivity contribution in [3.63, 3.8) is 0 Å². The zero-order valence-electron chi connectivity index (χ0n) is 15.4. The van der Waals surface area contributed by atoms with Gasteiger partial charge >= 0.3 is 0 Å². The number of ether oxygens (including phenoxy) is 2. The first-order chi connectivity index (χ1) is 10.5. The number of aliphatic hydroxyl groups excluding tert-OH is 1. The summed E-state index contributed by atoms with van der Waals surface area (Å²) in [6.45, 7) is 15.2. The van der Waals surface area contributed by atoms with Gasteiger partial charge in [0.25, 0.3) is 0 Å². The van der Waals surface area contributed by atoms with Crippen molar-refractivity contribution in [2.75, 3.05) is 26.4 Å². The van der Waals surface area contributed by atoms with Gasteiger partial charge in [-0.1, -0.05) is 34.6 Å². The minimum Gasteiger partial charge on any atom is -0.393 e. The Balaban J connectivity index is 0.000000197. The van der Waals surface area contributed by atoms with Gasteiger partial charge in [0.15, 0.2) is 0 Å². The average molecular weight is 315 g/mol. The second-order valence-corrected chi connectivity index (χ2v) is 7.43. The largest absolute Gasteiger partial charge is 0.393 e. The maximum absolute atomic E-state index is 9.90. The van der Waals surface area contributed by atoms with Crippen LogP contribution in [0.3, 0.4) is 0 Å². The maximum atomic E-state index is 9.90. The minimum atomic E-state index is -0.0915. The van der Waals surface area contributed by atoms with Crippen LogP contribution in [0.15, 0.2) is 0 Å². The molecule has 22 heavy (non-hydrogen) atoms. The molecular weight excluding hydrogens is 276 g/mol. The van der Waals surface area contributed by atoms with Crippen LogP contribution in [0.4, 0.5) is 0 Å². The van der Waals surface area contributed by atoms with E-state index in [-0.39, 0.29) is 6.10 Å². The fraction of sp³-hybridized carbons (Fsp3) is 1.00. The number of aliphatic hydroxyl groups is 1. The third kappa shape index (κ3) is 6.17. The van der Waals surface area contributed by atoms with Crippen molar-refractivity contribution in [3.8, 4) is 0 Å². The van der Waals surface area contributed by atoms with Gasteiger partial charge in [0, 0.05) is 26.4 Å². The molecule has 132 valence electrons. The second kappa shape index (κ2) is 10.6. The van der Waals surface area contributed by atoms with E-state index in [0.29, 0.717) is 23.7 Å². The van der Waals surface area contributed by atoms with E-state index in [9.17, 15) is 5.11 Å². The van der Waals surface area contributed by atoms with Gasteiger partial charge in [0.2, 0.25) is 0 Å². The number of hydrogen-bond acceptors (Lipinski definition) is 3. The fourth-order valence-electron chi connectivity index (χ4n) is 3.56. The summed E-state index contributed by atoms with van der Waals surface area (Å²) in [7, 11) is 0. The molecule has 4 atom stereocenters. The molecule has 0 spiro atoms. The Morgan fingerprint density at radius 3 is 1.05 bits per heavy atom. The van der Waals surface area contributed by atoms with E-state index in [1.165, 1.54) is 25.7 Å². The van der Waals surface area contributed by atoms with Crippen molar-refractivity contribution in [1.82, 2.24) is 0 Å². The lowest BCUT2D eigenvalue weighted by Crippen LogP contribution is -2.44. The van der Waals surface area contributed by atoms with Gasteiger partial charge in [0.05, 0.1) is 6.10 Å². The Bertz CT molecular complexity index is 190. The number of hydrogen-bond donors (Lipinski definition) is 1. The monoisotopic (exact) mass is 314 g/mol. The summed E-state index contributed by atoms with van der Waals surface area (Å²) in [5.74, 6) is 2.99. The lowest BCUT2D eigenvalue weighted by atomic mass is 9.63. The van der Waals surface area contributed by atoms with E-state index >= 15 is 0 Å². The quantitative estimate of drug-likeness (QED) is 0.730. The molecule has 0 amide bonds. The summed E-state index contributed by atoms with van der Waals surface area (Å²) in [6.07, 6.45) is 5.02. The van der Waals surface area contributed by atoms with Gasteiger partial charge in [-0.3, -0.25) is 0 Å². The third-order valence-corrected chi connectivity index (χ3v) is 6.05. The molecule has 3 aliphatic rings. The highest BCUT2D eigenvalue weighted by atomic mass is 16.5. The molecule has 0 aromatic rings. The van der Waals surface area contributed by atoms with E-state index in [1.807, 2.05) is 0 Å². The molecule has 0 radical (unpaired) electrons. The van der Waals surface area contributed by atoms with Crippen molar-refractivity contribution in [2.45, 2.75) is 66.4 Å². The molecule has 1 aliphatic carbocycles. The Morgan fingerprint density at radius 2 is 0.818 bits per heavy atom. The first-order valence-corrected chi connectivity index (χ1v) is 9.30. The van der Waals surface area contributed by atoms with Crippen LogP contribution < -0.4 is 0 Å². The van der Waals surface area contributed by atoms with Crippen LogP contribution in [0.5, 0.6) is 0 Å². The lowest BCUT2D eigenvalue weighted by Gasteiger charge is -2.44. The summed E-state index contributed by atoms with van der Waals surface area (Å²) in [4.78, 5) is 0. The Morgan fingerprint density at radius 1 is 0.545 bits per heavy atom. The third-order valence-electron chi connectivity index (χ3n) is 6.05. The highest BCUT2D eigenvalue weighted by molar-refractivity contribution is 4.88. The molecule has 3 nitrogen and oxygen atoms in total. The smallest absolute Gasteiger partial charge is 0.0596 e. The Hall–Kier alpha value is -0.120. The highest BCUT2D eigenvalue weighted by Crippen LogP contribution is 2.41. The van der Waals surface area contributed by atoms with Crippen LogP contribution in [0.25, 0.3) is 0 Å². The van der Waals surface area contributed by atoms with E-state index in [1.54, 1.807) is 0 Å². The van der Waals surface area contributed by atoms with Gasteiger partial charge in [0.1, 0.15) is 0 Å². The Kier molecular flexibility index (Phi) is 9.62. The van der Waals surface area contributed by atoms with Crippen LogP contribution >= 0.6 is 0 Å². The van der Waals surface area contributed by atoms with Crippen LogP contribution in [-0.4, -0.2) is 37.6 Å². The average Bonchev–Trinajstić information content (AvgIpc) is 3.26. The zero-order chi connectivity index (χ0) is 16.5. The molecule has 2 saturated heterocycles. The van der Waals surface area contributed by atoms with Crippen molar-refractivity contribution in [2.24, 2.45) is 29.6 Å². The summed E-state index contributed by atoms with van der Waals surface area (Å²) in [5.41, 5.74) is 0. The molecule has 2 aliphatic heterocycles. The predicted molar refractivity (Wildman–Crippen MR) is 91.9 cm³/mol. The van der Waals surface area contributed by atoms with Gasteiger partial charge in [-0.25, -0.2) is 0 Å². The van der Waals surface area contributed by atoms with Crippen LogP contribution in [0.1, 0.15) is 60.3 Å². The standard InChI is InChI=1S/C11H22O.2C4H8O/c1-6-7(2)9(4)11(12)10(5)8(6)3;2*1-2-4-5-3-1/h6-12H,1-5H3;2*1-4H2. The summed E-state index contributed by atoms with van der Waals surface area (Å²) in [6, 6.07) is 0. The molecule has 0 aromatic carbocycles. The predicted octanol–water partition coefficient (Wildman–Crippen LogP) is 4.14. The minimum absolute atomic E-state index is 0.0915. The van der Waals surface area contributed by atoms with Gasteiger partial charge in [-0.2, -0.15) is 0 Å². The molecule has 3 fully saturated rings. The van der Waals surface area contributed by atoms with E-state index < -0.39 is 0 Å². The molecule has 0 bridgehead atoms. The first-order valence-electron chi connectivity index (χ1n) is 9.30. The topological polar surface area (TPSA) is 38.7 Å². The SMILES string of the molecule is C1CCOC1.C1CCOC1.CC1C(C)C(C)C(O)C(C)C1C. The fourth-order valence-corrected chi connectivity index (χ4v) is 3.56. The molecular formula is C19H38O3. The normalized spacial score (nSPS) is 41.2. The van der Waals surface area contributed by atoms with Gasteiger partial charge < -0.3 is 14.6 Å². The summed E-state index contributed by atoms with van der Waals surface area (Å²) >= 11 is 0. The maximum Gasteiger partial charge on any atom is 0.0596 e. The first kappa shape index (κ1) is 19.9. The van der Waals surface area contributed by atoms with Gasteiger partial charge in [-0.15, -0.1) is 0 Å². The van der Waals surface area contributed by atoms with E-state index in [0.717, 1.165) is 32.3 Å². The molecule has 3 rings (SSSR count). The van der Waals surface area contributed by atoms with Crippen molar-refractivity contribution in [1.29, 1.82) is 0 Å². The molecule has 3 heteroatoms. The number of rotatable bonds is 0. The van der Waals surface area contributed by atoms with Gasteiger partial charge in [-0.05, 0) is 55.3 Å². The summed E-state index contributed by atoms with van der Waals surface area (Å²) < 4.78 is 9.89. The van der Waals surface area contributed by atoms with Crippen LogP contribution in [0.2, 0.25) is 0 Å². The van der Waals surface area contributed by atoms with Crippen molar-refractivity contribution < 1.29 is 14.6 Å².